The minimum Gasteiger partial charge on any atom is -0.454 e. The fourth-order valence-corrected chi connectivity index (χ4v) is 2.11. The van der Waals surface area contributed by atoms with E-state index in [9.17, 15) is 4.79 Å². The number of pyridine rings is 1. The molecule has 1 aromatic heterocycles. The van der Waals surface area contributed by atoms with Crippen molar-refractivity contribution < 1.29 is 9.53 Å². The van der Waals surface area contributed by atoms with E-state index in [1.54, 1.807) is 24.4 Å². The molecule has 0 bridgehead atoms. The van der Waals surface area contributed by atoms with Crippen molar-refractivity contribution in [2.45, 2.75) is 0 Å². The van der Waals surface area contributed by atoms with E-state index in [2.05, 4.69) is 4.98 Å². The molecule has 3 aromatic rings. The van der Waals surface area contributed by atoms with Crippen molar-refractivity contribution in [3.63, 3.8) is 0 Å². The smallest absolute Gasteiger partial charge is 0.252 e. The van der Waals surface area contributed by atoms with Gasteiger partial charge < -0.3 is 16.2 Å². The highest BCUT2D eigenvalue weighted by Gasteiger charge is 2.12. The molecule has 2 aromatic carbocycles. The van der Waals surface area contributed by atoms with Crippen LogP contribution in [0.4, 0.5) is 5.69 Å². The van der Waals surface area contributed by atoms with Gasteiger partial charge in [0.25, 0.3) is 5.91 Å². The number of nitrogens with zero attached hydrogens (tertiary/aromatic N) is 1. The third-order valence-corrected chi connectivity index (χ3v) is 3.08. The van der Waals surface area contributed by atoms with E-state index in [1.165, 1.54) is 6.07 Å². The summed E-state index contributed by atoms with van der Waals surface area (Å²) in [5, 5.41) is 0.950. The minimum atomic E-state index is -0.592. The number of anilines is 1. The number of hydrogen-bond acceptors (Lipinski definition) is 4. The van der Waals surface area contributed by atoms with Gasteiger partial charge in [-0.3, -0.25) is 9.78 Å². The highest BCUT2D eigenvalue weighted by molar-refractivity contribution is 5.97. The van der Waals surface area contributed by atoms with Crippen molar-refractivity contribution in [1.82, 2.24) is 4.98 Å². The Kier molecular flexibility index (Phi) is 3.16. The van der Waals surface area contributed by atoms with Crippen LogP contribution in [0.25, 0.3) is 10.9 Å². The van der Waals surface area contributed by atoms with Crippen LogP contribution in [0.2, 0.25) is 0 Å². The molecule has 1 heterocycles. The summed E-state index contributed by atoms with van der Waals surface area (Å²) in [5.74, 6) is 0.320. The number of carbonyl (C=O) groups is 1. The van der Waals surface area contributed by atoms with Crippen LogP contribution in [-0.4, -0.2) is 10.9 Å². The Morgan fingerprint density at radius 2 is 1.86 bits per heavy atom. The molecule has 0 spiro atoms. The summed E-state index contributed by atoms with van der Waals surface area (Å²) >= 11 is 0. The van der Waals surface area contributed by atoms with E-state index in [1.807, 2.05) is 24.3 Å². The third kappa shape index (κ3) is 2.49. The fourth-order valence-electron chi connectivity index (χ4n) is 2.11. The van der Waals surface area contributed by atoms with Crippen LogP contribution in [0.3, 0.4) is 0 Å². The Balaban J connectivity index is 2.09. The summed E-state index contributed by atoms with van der Waals surface area (Å²) in [6, 6.07) is 14.1. The Morgan fingerprint density at radius 1 is 1.05 bits per heavy atom. The average molecular weight is 279 g/mol. The first-order chi connectivity index (χ1) is 10.1. The maximum atomic E-state index is 11.5. The van der Waals surface area contributed by atoms with Crippen molar-refractivity contribution in [1.29, 1.82) is 0 Å². The molecule has 5 nitrogen and oxygen atoms in total. The van der Waals surface area contributed by atoms with E-state index in [-0.39, 0.29) is 5.56 Å². The number of nitrogens with two attached hydrogens (primary N) is 2. The highest BCUT2D eigenvalue weighted by atomic mass is 16.5. The molecule has 1 amide bonds. The number of ether oxygens (including phenoxy) is 1. The Bertz CT molecular complexity index is 825. The monoisotopic (exact) mass is 279 g/mol. The summed E-state index contributed by atoms with van der Waals surface area (Å²) in [4.78, 5) is 15.8. The van der Waals surface area contributed by atoms with Gasteiger partial charge in [0.2, 0.25) is 0 Å². The van der Waals surface area contributed by atoms with Crippen molar-refractivity contribution in [2.75, 3.05) is 5.73 Å². The maximum Gasteiger partial charge on any atom is 0.252 e. The van der Waals surface area contributed by atoms with Gasteiger partial charge in [-0.15, -0.1) is 0 Å². The lowest BCUT2D eigenvalue weighted by molar-refractivity contribution is 0.0998. The first-order valence-electron chi connectivity index (χ1n) is 6.36. The number of primary amides is 1. The lowest BCUT2D eigenvalue weighted by Crippen LogP contribution is -2.12. The number of hydrogen-bond donors (Lipinski definition) is 2. The van der Waals surface area contributed by atoms with Gasteiger partial charge in [-0.2, -0.15) is 0 Å². The molecule has 0 radical (unpaired) electrons. The Labute approximate surface area is 121 Å². The van der Waals surface area contributed by atoms with Crippen LogP contribution in [0.5, 0.6) is 11.5 Å². The quantitative estimate of drug-likeness (QED) is 0.721. The molecule has 104 valence electrons. The van der Waals surface area contributed by atoms with E-state index in [0.717, 1.165) is 5.39 Å². The number of benzene rings is 2. The normalized spacial score (nSPS) is 10.5. The van der Waals surface area contributed by atoms with Crippen LogP contribution in [0, 0.1) is 0 Å². The fraction of sp³-hybridized carbons (Fsp3) is 0. The molecule has 5 heteroatoms. The first-order valence-corrected chi connectivity index (χ1v) is 6.36. The van der Waals surface area contributed by atoms with E-state index >= 15 is 0 Å². The Hall–Kier alpha value is -3.08. The topological polar surface area (TPSA) is 91.2 Å². The molecular weight excluding hydrogens is 266 g/mol. The van der Waals surface area contributed by atoms with Crippen LogP contribution in [-0.2, 0) is 0 Å². The second kappa shape index (κ2) is 5.13. The minimum absolute atomic E-state index is 0.239. The predicted octanol–water partition coefficient (Wildman–Crippen LogP) is 2.71. The number of fused-ring (bicyclic) bond motifs is 1. The first kappa shape index (κ1) is 12.9. The van der Waals surface area contributed by atoms with Gasteiger partial charge in [-0.1, -0.05) is 18.2 Å². The lowest BCUT2D eigenvalue weighted by Gasteiger charge is -2.11. The zero-order valence-corrected chi connectivity index (χ0v) is 11.1. The van der Waals surface area contributed by atoms with Crippen LogP contribution in [0.1, 0.15) is 10.4 Å². The standard InChI is InChI=1S/C16H13N3O2/c17-11-6-7-13(12(9-11)16(18)20)21-14-5-1-3-10-4-2-8-19-15(10)14/h1-9H,17H2,(H2,18,20). The van der Waals surface area contributed by atoms with Gasteiger partial charge in [0.15, 0.2) is 5.75 Å². The van der Waals surface area contributed by atoms with Crippen molar-refractivity contribution in [3.8, 4) is 11.5 Å². The Morgan fingerprint density at radius 3 is 2.67 bits per heavy atom. The average Bonchev–Trinajstić information content (AvgIpc) is 2.49. The second-order valence-electron chi connectivity index (χ2n) is 4.55. The van der Waals surface area contributed by atoms with E-state index < -0.39 is 5.91 Å². The van der Waals surface area contributed by atoms with Gasteiger partial charge in [-0.25, -0.2) is 0 Å². The molecule has 3 rings (SSSR count). The van der Waals surface area contributed by atoms with Crippen LogP contribution in [0.15, 0.2) is 54.7 Å². The van der Waals surface area contributed by atoms with Gasteiger partial charge in [0, 0.05) is 17.3 Å². The second-order valence-corrected chi connectivity index (χ2v) is 4.55. The number of amides is 1. The van der Waals surface area contributed by atoms with Crippen molar-refractivity contribution >= 4 is 22.5 Å². The third-order valence-electron chi connectivity index (χ3n) is 3.08. The molecular formula is C16H13N3O2. The molecule has 0 atom stereocenters. The number of nitrogen functional groups attached to an aromatic ring is 1. The number of carbonyl (C=O) groups excluding carboxylic acids is 1. The summed E-state index contributed by atoms with van der Waals surface area (Å²) < 4.78 is 5.82. The van der Waals surface area contributed by atoms with Gasteiger partial charge in [0.05, 0.1) is 5.56 Å². The predicted molar refractivity (Wildman–Crippen MR) is 81.2 cm³/mol. The molecule has 0 unspecified atom stereocenters. The van der Waals surface area contributed by atoms with Gasteiger partial charge >= 0.3 is 0 Å². The molecule has 0 aliphatic rings. The van der Waals surface area contributed by atoms with Gasteiger partial charge in [0.1, 0.15) is 11.3 Å². The van der Waals surface area contributed by atoms with Crippen LogP contribution >= 0.6 is 0 Å². The molecule has 0 fully saturated rings. The number of rotatable bonds is 3. The molecule has 0 saturated heterocycles. The molecule has 4 N–H and O–H groups in total. The van der Waals surface area contributed by atoms with E-state index in [4.69, 9.17) is 16.2 Å². The number of aromatic nitrogens is 1. The molecule has 21 heavy (non-hydrogen) atoms. The maximum absolute atomic E-state index is 11.5. The van der Waals surface area contributed by atoms with E-state index in [0.29, 0.717) is 22.7 Å². The summed E-state index contributed by atoms with van der Waals surface area (Å²) in [5.41, 5.74) is 12.4. The summed E-state index contributed by atoms with van der Waals surface area (Å²) in [6.45, 7) is 0. The lowest BCUT2D eigenvalue weighted by atomic mass is 10.1. The highest BCUT2D eigenvalue weighted by Crippen LogP contribution is 2.31. The van der Waals surface area contributed by atoms with Gasteiger partial charge in [-0.05, 0) is 30.3 Å². The summed E-state index contributed by atoms with van der Waals surface area (Å²) in [6.07, 6.45) is 1.69. The molecule has 0 aliphatic heterocycles. The van der Waals surface area contributed by atoms with Crippen molar-refractivity contribution in [3.05, 3.63) is 60.3 Å². The summed E-state index contributed by atoms with van der Waals surface area (Å²) in [7, 11) is 0. The van der Waals surface area contributed by atoms with Crippen molar-refractivity contribution in [2.24, 2.45) is 5.73 Å². The zero-order chi connectivity index (χ0) is 14.8. The SMILES string of the molecule is NC(=O)c1cc(N)ccc1Oc1cccc2cccnc12. The number of para-hydroxylation sites is 1. The molecule has 0 saturated carbocycles. The largest absolute Gasteiger partial charge is 0.454 e. The molecule has 0 aliphatic carbocycles. The zero-order valence-electron chi connectivity index (χ0n) is 11.1. The van der Waals surface area contributed by atoms with Crippen LogP contribution < -0.4 is 16.2 Å².